The minimum absolute atomic E-state index is 0.136. The van der Waals surface area contributed by atoms with Crippen LogP contribution in [0, 0.1) is 11.3 Å². The van der Waals surface area contributed by atoms with E-state index in [0.717, 1.165) is 17.7 Å². The minimum Gasteiger partial charge on any atom is -0.343 e. The Kier molecular flexibility index (Phi) is 5.11. The standard InChI is InChI=1S/C22H26N4O2S/c1-5-12(2)29-21-25-19-18(20(28)26-21)16(13-7-6-8-23-11-13)17-14(24-19)9-22(3,4)10-15(17)27/h6-9,11-12,16-17H,5,10H2,1-4H3,(H2,24,25,26,28)/t12-,16+,17+/m0/s1. The third-order valence-electron chi connectivity index (χ3n) is 5.63. The van der Waals surface area contributed by atoms with Crippen molar-refractivity contribution in [3.8, 4) is 0 Å². The molecule has 2 N–H and O–H groups in total. The summed E-state index contributed by atoms with van der Waals surface area (Å²) in [6.07, 6.45) is 6.99. The molecule has 0 radical (unpaired) electrons. The fourth-order valence-electron chi connectivity index (χ4n) is 4.17. The van der Waals surface area contributed by atoms with E-state index < -0.39 is 11.8 Å². The Morgan fingerprint density at radius 1 is 1.31 bits per heavy atom. The Labute approximate surface area is 174 Å². The maximum absolute atomic E-state index is 13.2. The molecule has 0 amide bonds. The van der Waals surface area contributed by atoms with Crippen molar-refractivity contribution in [3.63, 3.8) is 0 Å². The number of pyridine rings is 1. The van der Waals surface area contributed by atoms with E-state index >= 15 is 0 Å². The van der Waals surface area contributed by atoms with Gasteiger partial charge in [0, 0.05) is 35.7 Å². The maximum atomic E-state index is 13.2. The fourth-order valence-corrected chi connectivity index (χ4v) is 5.01. The van der Waals surface area contributed by atoms with Gasteiger partial charge in [0.2, 0.25) is 0 Å². The van der Waals surface area contributed by atoms with Crippen LogP contribution >= 0.6 is 11.8 Å². The number of anilines is 1. The average Bonchev–Trinajstić information content (AvgIpc) is 2.66. The summed E-state index contributed by atoms with van der Waals surface area (Å²) < 4.78 is 0. The van der Waals surface area contributed by atoms with Crippen molar-refractivity contribution in [3.05, 3.63) is 57.8 Å². The van der Waals surface area contributed by atoms with Crippen LogP contribution in [0.2, 0.25) is 0 Å². The number of carbonyl (C=O) groups is 1. The first-order chi connectivity index (χ1) is 13.8. The molecule has 1 aliphatic heterocycles. The van der Waals surface area contributed by atoms with Crippen molar-refractivity contribution in [2.24, 2.45) is 11.3 Å². The summed E-state index contributed by atoms with van der Waals surface area (Å²) in [6, 6.07) is 3.77. The molecule has 7 heteroatoms. The number of rotatable bonds is 4. The maximum Gasteiger partial charge on any atom is 0.257 e. The summed E-state index contributed by atoms with van der Waals surface area (Å²) in [4.78, 5) is 38.2. The third kappa shape index (κ3) is 3.75. The number of Topliss-reactive ketones (excluding diaryl/α,β-unsaturated/α-hetero) is 1. The van der Waals surface area contributed by atoms with Gasteiger partial charge in [0.25, 0.3) is 5.56 Å². The molecule has 152 valence electrons. The molecule has 0 aromatic carbocycles. The van der Waals surface area contributed by atoms with Crippen LogP contribution in [0.4, 0.5) is 5.82 Å². The molecule has 0 saturated carbocycles. The molecule has 2 aromatic rings. The van der Waals surface area contributed by atoms with Gasteiger partial charge in [0.1, 0.15) is 11.6 Å². The summed E-state index contributed by atoms with van der Waals surface area (Å²) >= 11 is 1.55. The van der Waals surface area contributed by atoms with Crippen LogP contribution in [0.15, 0.2) is 46.3 Å². The zero-order valence-corrected chi connectivity index (χ0v) is 18.0. The molecule has 1 aliphatic carbocycles. The van der Waals surface area contributed by atoms with Gasteiger partial charge in [0.15, 0.2) is 5.16 Å². The van der Waals surface area contributed by atoms with Crippen molar-refractivity contribution >= 4 is 23.4 Å². The number of nitrogens with one attached hydrogen (secondary N) is 2. The second-order valence-corrected chi connectivity index (χ2v) is 10.00. The van der Waals surface area contributed by atoms with E-state index in [-0.39, 0.29) is 16.8 Å². The molecule has 0 unspecified atom stereocenters. The number of thioether (sulfide) groups is 1. The summed E-state index contributed by atoms with van der Waals surface area (Å²) in [5.74, 6) is -0.136. The van der Waals surface area contributed by atoms with Gasteiger partial charge in [-0.05, 0) is 23.5 Å². The average molecular weight is 411 g/mol. The highest BCUT2D eigenvalue weighted by Gasteiger charge is 2.45. The minimum atomic E-state index is -0.421. The first kappa shape index (κ1) is 19.9. The number of aromatic amines is 1. The monoisotopic (exact) mass is 410 g/mol. The lowest BCUT2D eigenvalue weighted by molar-refractivity contribution is -0.124. The van der Waals surface area contributed by atoms with Crippen LogP contribution in [-0.4, -0.2) is 26.0 Å². The van der Waals surface area contributed by atoms with Crippen LogP contribution in [-0.2, 0) is 4.79 Å². The lowest BCUT2D eigenvalue weighted by Crippen LogP contribution is -2.41. The molecule has 3 atom stereocenters. The number of allylic oxidation sites excluding steroid dienone is 2. The highest BCUT2D eigenvalue weighted by Crippen LogP contribution is 2.47. The van der Waals surface area contributed by atoms with Crippen LogP contribution in [0.3, 0.4) is 0 Å². The Morgan fingerprint density at radius 2 is 2.10 bits per heavy atom. The van der Waals surface area contributed by atoms with Crippen molar-refractivity contribution in [1.82, 2.24) is 15.0 Å². The van der Waals surface area contributed by atoms with Gasteiger partial charge in [-0.25, -0.2) is 4.98 Å². The van der Waals surface area contributed by atoms with Crippen molar-refractivity contribution < 1.29 is 4.79 Å². The SMILES string of the molecule is CC[C@H](C)Sc1nc2c(c(=O)[nH]1)[C@H](c1cccnc1)[C@H]1C(=O)CC(C)(C)C=C1N2. The summed E-state index contributed by atoms with van der Waals surface area (Å²) in [5, 5.41) is 4.27. The van der Waals surface area contributed by atoms with Gasteiger partial charge in [-0.1, -0.05) is 51.6 Å². The number of nitrogens with zero attached hydrogens (tertiary/aromatic N) is 2. The lowest BCUT2D eigenvalue weighted by Gasteiger charge is -2.40. The lowest BCUT2D eigenvalue weighted by atomic mass is 9.67. The number of hydrogen-bond acceptors (Lipinski definition) is 6. The molecule has 0 spiro atoms. The topological polar surface area (TPSA) is 87.7 Å². The Bertz CT molecular complexity index is 1030. The Morgan fingerprint density at radius 3 is 2.79 bits per heavy atom. The van der Waals surface area contributed by atoms with E-state index in [4.69, 9.17) is 4.98 Å². The Hall–Kier alpha value is -2.41. The predicted molar refractivity (Wildman–Crippen MR) is 115 cm³/mol. The molecule has 4 rings (SSSR count). The van der Waals surface area contributed by atoms with Crippen molar-refractivity contribution in [2.45, 2.75) is 56.9 Å². The van der Waals surface area contributed by atoms with E-state index in [1.165, 1.54) is 0 Å². The highest BCUT2D eigenvalue weighted by atomic mass is 32.2. The van der Waals surface area contributed by atoms with Crippen molar-refractivity contribution in [1.29, 1.82) is 0 Å². The van der Waals surface area contributed by atoms with Crippen LogP contribution in [0.25, 0.3) is 0 Å². The fraction of sp³-hybridized carbons (Fsp3) is 0.455. The molecular weight excluding hydrogens is 384 g/mol. The van der Waals surface area contributed by atoms with E-state index in [2.05, 4.69) is 49.1 Å². The van der Waals surface area contributed by atoms with E-state index in [1.54, 1.807) is 24.2 Å². The number of fused-ring (bicyclic) bond motifs is 2. The van der Waals surface area contributed by atoms with Gasteiger partial charge in [-0.2, -0.15) is 0 Å². The first-order valence-electron chi connectivity index (χ1n) is 10.0. The molecule has 3 heterocycles. The summed E-state index contributed by atoms with van der Waals surface area (Å²) in [6.45, 7) is 8.33. The molecule has 2 aliphatic rings. The van der Waals surface area contributed by atoms with Crippen LogP contribution in [0.5, 0.6) is 0 Å². The van der Waals surface area contributed by atoms with E-state index in [0.29, 0.717) is 28.2 Å². The van der Waals surface area contributed by atoms with Crippen molar-refractivity contribution in [2.75, 3.05) is 5.32 Å². The second-order valence-electron chi connectivity index (χ2n) is 8.57. The zero-order chi connectivity index (χ0) is 20.8. The molecular formula is C22H26N4O2S. The molecule has 0 saturated heterocycles. The van der Waals surface area contributed by atoms with Gasteiger partial charge < -0.3 is 10.3 Å². The first-order valence-corrected chi connectivity index (χ1v) is 10.9. The predicted octanol–water partition coefficient (Wildman–Crippen LogP) is 4.11. The van der Waals surface area contributed by atoms with Crippen LogP contribution in [0.1, 0.15) is 57.6 Å². The Balaban J connectivity index is 1.90. The third-order valence-corrected chi connectivity index (χ3v) is 6.78. The normalized spacial score (nSPS) is 23.4. The van der Waals surface area contributed by atoms with Gasteiger partial charge in [0.05, 0.1) is 11.5 Å². The summed E-state index contributed by atoms with van der Waals surface area (Å²) in [7, 11) is 0. The number of hydrogen-bond donors (Lipinski definition) is 2. The number of carbonyl (C=O) groups excluding carboxylic acids is 1. The molecule has 6 nitrogen and oxygen atoms in total. The van der Waals surface area contributed by atoms with Gasteiger partial charge in [-0.15, -0.1) is 0 Å². The zero-order valence-electron chi connectivity index (χ0n) is 17.2. The molecule has 0 fully saturated rings. The van der Waals surface area contributed by atoms with Gasteiger partial charge in [-0.3, -0.25) is 14.6 Å². The van der Waals surface area contributed by atoms with E-state index in [1.807, 2.05) is 12.1 Å². The highest BCUT2D eigenvalue weighted by molar-refractivity contribution is 7.99. The molecule has 2 aromatic heterocycles. The molecule has 29 heavy (non-hydrogen) atoms. The summed E-state index contributed by atoms with van der Waals surface area (Å²) in [5.41, 5.74) is 1.78. The number of aromatic nitrogens is 3. The number of ketones is 1. The molecule has 0 bridgehead atoms. The van der Waals surface area contributed by atoms with Crippen LogP contribution < -0.4 is 10.9 Å². The quantitative estimate of drug-likeness (QED) is 0.582. The largest absolute Gasteiger partial charge is 0.343 e. The number of H-pyrrole nitrogens is 1. The van der Waals surface area contributed by atoms with Gasteiger partial charge >= 0.3 is 0 Å². The second kappa shape index (κ2) is 7.44. The smallest absolute Gasteiger partial charge is 0.257 e. The van der Waals surface area contributed by atoms with E-state index in [9.17, 15) is 9.59 Å².